The molecule has 1 amide bonds. The predicted molar refractivity (Wildman–Crippen MR) is 84.3 cm³/mol. The Balaban J connectivity index is 1.62. The third kappa shape index (κ3) is 5.38. The molecule has 4 heteroatoms. The minimum Gasteiger partial charge on any atom is -0.508 e. The number of phenols is 1. The lowest BCUT2D eigenvalue weighted by Gasteiger charge is -2.32. The van der Waals surface area contributed by atoms with Crippen LogP contribution in [0.5, 0.6) is 5.75 Å². The first-order valence-electron chi connectivity index (χ1n) is 7.90. The van der Waals surface area contributed by atoms with Crippen molar-refractivity contribution in [2.24, 2.45) is 0 Å². The van der Waals surface area contributed by atoms with Gasteiger partial charge in [0.25, 0.3) is 0 Å². The second-order valence-electron chi connectivity index (χ2n) is 5.94. The Morgan fingerprint density at radius 1 is 1.33 bits per heavy atom. The van der Waals surface area contributed by atoms with Gasteiger partial charge in [-0.05, 0) is 57.0 Å². The van der Waals surface area contributed by atoms with Crippen LogP contribution in [0.3, 0.4) is 0 Å². The van der Waals surface area contributed by atoms with Crippen molar-refractivity contribution in [2.45, 2.75) is 44.6 Å². The van der Waals surface area contributed by atoms with Gasteiger partial charge in [-0.2, -0.15) is 0 Å². The van der Waals surface area contributed by atoms with Crippen molar-refractivity contribution in [3.63, 3.8) is 0 Å². The van der Waals surface area contributed by atoms with E-state index in [0.29, 0.717) is 19.0 Å². The number of nitrogens with one attached hydrogen (secondary N) is 1. The minimum atomic E-state index is 0.146. The summed E-state index contributed by atoms with van der Waals surface area (Å²) in [5, 5.41) is 12.2. The molecular formula is C17H26N2O2. The second-order valence-corrected chi connectivity index (χ2v) is 5.94. The molecule has 0 bridgehead atoms. The smallest absolute Gasteiger partial charge is 0.220 e. The molecule has 0 saturated carbocycles. The van der Waals surface area contributed by atoms with Gasteiger partial charge in [0, 0.05) is 19.0 Å². The van der Waals surface area contributed by atoms with Gasteiger partial charge in [0.15, 0.2) is 0 Å². The molecule has 21 heavy (non-hydrogen) atoms. The zero-order valence-corrected chi connectivity index (χ0v) is 12.8. The number of piperidine rings is 1. The molecule has 116 valence electrons. The van der Waals surface area contributed by atoms with Crippen LogP contribution in [-0.4, -0.2) is 42.1 Å². The molecule has 1 fully saturated rings. The molecular weight excluding hydrogens is 264 g/mol. The van der Waals surface area contributed by atoms with Gasteiger partial charge in [-0.1, -0.05) is 18.6 Å². The largest absolute Gasteiger partial charge is 0.508 e. The summed E-state index contributed by atoms with van der Waals surface area (Å²) in [5.74, 6) is 0.423. The number of likely N-dealkylation sites (tertiary alicyclic amines) is 1. The van der Waals surface area contributed by atoms with Gasteiger partial charge in [-0.3, -0.25) is 4.79 Å². The fourth-order valence-electron chi connectivity index (χ4n) is 2.90. The lowest BCUT2D eigenvalue weighted by Crippen LogP contribution is -2.37. The molecule has 0 aliphatic carbocycles. The average molecular weight is 290 g/mol. The highest BCUT2D eigenvalue weighted by Crippen LogP contribution is 2.18. The maximum absolute atomic E-state index is 11.9. The minimum absolute atomic E-state index is 0.146. The Labute approximate surface area is 127 Å². The number of benzene rings is 1. The molecule has 1 atom stereocenters. The van der Waals surface area contributed by atoms with E-state index in [1.807, 2.05) is 12.1 Å². The molecule has 1 saturated heterocycles. The second kappa shape index (κ2) is 8.03. The van der Waals surface area contributed by atoms with Crippen LogP contribution in [0.25, 0.3) is 0 Å². The van der Waals surface area contributed by atoms with Gasteiger partial charge in [-0.15, -0.1) is 0 Å². The highest BCUT2D eigenvalue weighted by Gasteiger charge is 2.19. The quantitative estimate of drug-likeness (QED) is 0.845. The third-order valence-electron chi connectivity index (χ3n) is 4.30. The van der Waals surface area contributed by atoms with Crippen molar-refractivity contribution in [1.29, 1.82) is 0 Å². The van der Waals surface area contributed by atoms with Crippen molar-refractivity contribution in [3.05, 3.63) is 29.8 Å². The predicted octanol–water partition coefficient (Wildman–Crippen LogP) is 2.32. The van der Waals surface area contributed by atoms with Crippen LogP contribution in [-0.2, 0) is 11.2 Å². The molecule has 1 aromatic rings. The Kier molecular flexibility index (Phi) is 6.05. The summed E-state index contributed by atoms with van der Waals surface area (Å²) >= 11 is 0. The molecule has 0 radical (unpaired) electrons. The molecule has 1 heterocycles. The number of phenolic OH excluding ortho intramolecular Hbond substituents is 1. The van der Waals surface area contributed by atoms with E-state index >= 15 is 0 Å². The molecule has 0 aromatic heterocycles. The highest BCUT2D eigenvalue weighted by atomic mass is 16.3. The van der Waals surface area contributed by atoms with E-state index in [4.69, 9.17) is 0 Å². The zero-order chi connectivity index (χ0) is 15.1. The summed E-state index contributed by atoms with van der Waals surface area (Å²) in [4.78, 5) is 14.2. The number of aromatic hydroxyl groups is 1. The monoisotopic (exact) mass is 290 g/mol. The lowest BCUT2D eigenvalue weighted by molar-refractivity contribution is -0.121. The normalized spacial score (nSPS) is 19.4. The first-order valence-corrected chi connectivity index (χ1v) is 7.90. The Hall–Kier alpha value is -1.55. The summed E-state index contributed by atoms with van der Waals surface area (Å²) in [5.41, 5.74) is 1.13. The molecule has 4 nitrogen and oxygen atoms in total. The molecule has 1 aliphatic rings. The molecule has 1 unspecified atom stereocenters. The number of carbonyl (C=O) groups is 1. The van der Waals surface area contributed by atoms with Gasteiger partial charge in [0.05, 0.1) is 0 Å². The summed E-state index contributed by atoms with van der Waals surface area (Å²) in [6, 6.07) is 7.70. The van der Waals surface area contributed by atoms with Crippen molar-refractivity contribution < 1.29 is 9.90 Å². The summed E-state index contributed by atoms with van der Waals surface area (Å²) < 4.78 is 0. The van der Waals surface area contributed by atoms with Gasteiger partial charge >= 0.3 is 0 Å². The van der Waals surface area contributed by atoms with E-state index in [1.165, 1.54) is 19.3 Å². The SMILES string of the molecule is CN1CCCCC1CCC(=O)NCCc1ccc(O)cc1. The fraction of sp³-hybridized carbons (Fsp3) is 0.588. The van der Waals surface area contributed by atoms with E-state index in [0.717, 1.165) is 24.9 Å². The van der Waals surface area contributed by atoms with E-state index in [2.05, 4.69) is 17.3 Å². The van der Waals surface area contributed by atoms with Gasteiger partial charge < -0.3 is 15.3 Å². The number of hydrogen-bond acceptors (Lipinski definition) is 3. The zero-order valence-electron chi connectivity index (χ0n) is 12.8. The van der Waals surface area contributed by atoms with Gasteiger partial charge in [0.1, 0.15) is 5.75 Å². The van der Waals surface area contributed by atoms with Crippen LogP contribution in [0.15, 0.2) is 24.3 Å². The lowest BCUT2D eigenvalue weighted by atomic mass is 9.98. The maximum Gasteiger partial charge on any atom is 0.220 e. The van der Waals surface area contributed by atoms with Crippen LogP contribution < -0.4 is 5.32 Å². The topological polar surface area (TPSA) is 52.6 Å². The average Bonchev–Trinajstić information content (AvgIpc) is 2.48. The Morgan fingerprint density at radius 2 is 2.10 bits per heavy atom. The van der Waals surface area contributed by atoms with E-state index < -0.39 is 0 Å². The third-order valence-corrected chi connectivity index (χ3v) is 4.30. The molecule has 2 rings (SSSR count). The van der Waals surface area contributed by atoms with E-state index in [9.17, 15) is 9.90 Å². The number of nitrogens with zero attached hydrogens (tertiary/aromatic N) is 1. The van der Waals surface area contributed by atoms with E-state index in [1.54, 1.807) is 12.1 Å². The van der Waals surface area contributed by atoms with Gasteiger partial charge in [-0.25, -0.2) is 0 Å². The van der Waals surface area contributed by atoms with Crippen LogP contribution in [0.1, 0.15) is 37.7 Å². The van der Waals surface area contributed by atoms with E-state index in [-0.39, 0.29) is 11.7 Å². The first-order chi connectivity index (χ1) is 10.1. The van der Waals surface area contributed by atoms with Crippen LogP contribution in [0.4, 0.5) is 0 Å². The number of rotatable bonds is 6. The van der Waals surface area contributed by atoms with Crippen molar-refractivity contribution >= 4 is 5.91 Å². The first kappa shape index (κ1) is 15.8. The van der Waals surface area contributed by atoms with Crippen molar-refractivity contribution in [3.8, 4) is 5.75 Å². The highest BCUT2D eigenvalue weighted by molar-refractivity contribution is 5.75. The van der Waals surface area contributed by atoms with Crippen LogP contribution in [0.2, 0.25) is 0 Å². The number of carbonyl (C=O) groups excluding carboxylic acids is 1. The van der Waals surface area contributed by atoms with Crippen molar-refractivity contribution in [1.82, 2.24) is 10.2 Å². The fourth-order valence-corrected chi connectivity index (χ4v) is 2.90. The molecule has 1 aliphatic heterocycles. The molecule has 1 aromatic carbocycles. The van der Waals surface area contributed by atoms with Crippen LogP contribution >= 0.6 is 0 Å². The number of hydrogen-bond donors (Lipinski definition) is 2. The standard InChI is InChI=1S/C17H26N2O2/c1-19-13-3-2-4-15(19)7-10-17(21)18-12-11-14-5-8-16(20)9-6-14/h5-6,8-9,15,20H,2-4,7,10-13H2,1H3,(H,18,21). The number of amides is 1. The maximum atomic E-state index is 11.9. The summed E-state index contributed by atoms with van der Waals surface area (Å²) in [6.45, 7) is 1.82. The van der Waals surface area contributed by atoms with Gasteiger partial charge in [0.2, 0.25) is 5.91 Å². The van der Waals surface area contributed by atoms with Crippen molar-refractivity contribution in [2.75, 3.05) is 20.1 Å². The molecule has 0 spiro atoms. The summed E-state index contributed by atoms with van der Waals surface area (Å²) in [7, 11) is 2.16. The molecule has 2 N–H and O–H groups in total. The Morgan fingerprint density at radius 3 is 2.81 bits per heavy atom. The summed E-state index contributed by atoms with van der Waals surface area (Å²) in [6.07, 6.45) is 6.17. The van der Waals surface area contributed by atoms with Crippen LogP contribution in [0, 0.1) is 0 Å². The Bertz CT molecular complexity index is 445.